The summed E-state index contributed by atoms with van der Waals surface area (Å²) in [7, 11) is 1.40. The van der Waals surface area contributed by atoms with Crippen LogP contribution in [0.15, 0.2) is 42.5 Å². The standard InChI is InChI=1S/C19H20FNO4/c1-25-17-7-5-14(12-16(17)20)6-8-18(22)21-10-9-13-3-2-4-15(11-13)19(23)24/h2-5,7,11-12H,6,8-10H2,1H3,(H,21,22)(H,23,24). The molecule has 1 amide bonds. The number of hydrogen-bond acceptors (Lipinski definition) is 3. The number of methoxy groups -OCH3 is 1. The van der Waals surface area contributed by atoms with Gasteiger partial charge in [-0.1, -0.05) is 18.2 Å². The van der Waals surface area contributed by atoms with Crippen LogP contribution in [0, 0.1) is 5.82 Å². The first-order valence-electron chi connectivity index (χ1n) is 7.91. The van der Waals surface area contributed by atoms with Crippen LogP contribution < -0.4 is 10.1 Å². The second-order valence-corrected chi connectivity index (χ2v) is 5.57. The van der Waals surface area contributed by atoms with E-state index in [0.717, 1.165) is 11.1 Å². The molecule has 5 nitrogen and oxygen atoms in total. The maximum absolute atomic E-state index is 13.6. The van der Waals surface area contributed by atoms with Crippen molar-refractivity contribution in [3.8, 4) is 5.75 Å². The van der Waals surface area contributed by atoms with Crippen LogP contribution in [0.25, 0.3) is 0 Å². The number of ether oxygens (including phenoxy) is 1. The van der Waals surface area contributed by atoms with E-state index < -0.39 is 11.8 Å². The van der Waals surface area contributed by atoms with Crippen molar-refractivity contribution < 1.29 is 23.8 Å². The van der Waals surface area contributed by atoms with Crippen LogP contribution in [-0.4, -0.2) is 30.6 Å². The fraction of sp³-hybridized carbons (Fsp3) is 0.263. The lowest BCUT2D eigenvalue weighted by Crippen LogP contribution is -2.25. The van der Waals surface area contributed by atoms with Crippen LogP contribution in [0.3, 0.4) is 0 Å². The van der Waals surface area contributed by atoms with Gasteiger partial charge in [0.15, 0.2) is 11.6 Å². The number of benzene rings is 2. The van der Waals surface area contributed by atoms with Crippen molar-refractivity contribution in [3.63, 3.8) is 0 Å². The van der Waals surface area contributed by atoms with Crippen molar-refractivity contribution in [2.75, 3.05) is 13.7 Å². The molecule has 25 heavy (non-hydrogen) atoms. The van der Waals surface area contributed by atoms with Gasteiger partial charge in [-0.3, -0.25) is 4.79 Å². The Morgan fingerprint density at radius 2 is 1.88 bits per heavy atom. The third-order valence-electron chi connectivity index (χ3n) is 3.77. The zero-order valence-corrected chi connectivity index (χ0v) is 13.9. The topological polar surface area (TPSA) is 75.6 Å². The number of carbonyl (C=O) groups excluding carboxylic acids is 1. The number of nitrogens with one attached hydrogen (secondary N) is 1. The average molecular weight is 345 g/mol. The molecule has 0 atom stereocenters. The Kier molecular flexibility index (Phi) is 6.51. The summed E-state index contributed by atoms with van der Waals surface area (Å²) >= 11 is 0. The maximum atomic E-state index is 13.6. The van der Waals surface area contributed by atoms with Crippen LogP contribution in [-0.2, 0) is 17.6 Å². The third-order valence-corrected chi connectivity index (χ3v) is 3.77. The fourth-order valence-corrected chi connectivity index (χ4v) is 2.42. The first kappa shape index (κ1) is 18.4. The summed E-state index contributed by atoms with van der Waals surface area (Å²) in [5, 5.41) is 11.7. The Morgan fingerprint density at radius 1 is 1.12 bits per heavy atom. The van der Waals surface area contributed by atoms with Crippen LogP contribution >= 0.6 is 0 Å². The molecular formula is C19H20FNO4. The minimum absolute atomic E-state index is 0.134. The molecule has 0 bridgehead atoms. The molecule has 0 radical (unpaired) electrons. The van der Waals surface area contributed by atoms with E-state index in [2.05, 4.69) is 5.32 Å². The van der Waals surface area contributed by atoms with E-state index >= 15 is 0 Å². The number of carbonyl (C=O) groups is 2. The molecule has 6 heteroatoms. The van der Waals surface area contributed by atoms with Gasteiger partial charge in [-0.25, -0.2) is 9.18 Å². The Balaban J connectivity index is 1.76. The van der Waals surface area contributed by atoms with Gasteiger partial charge in [-0.2, -0.15) is 0 Å². The number of aryl methyl sites for hydroxylation is 1. The van der Waals surface area contributed by atoms with Crippen LogP contribution in [0.1, 0.15) is 27.9 Å². The molecule has 2 aromatic rings. The molecule has 2 aromatic carbocycles. The number of carboxylic acid groups (broad SMARTS) is 1. The summed E-state index contributed by atoms with van der Waals surface area (Å²) in [6.45, 7) is 0.416. The highest BCUT2D eigenvalue weighted by Gasteiger charge is 2.07. The van der Waals surface area contributed by atoms with Gasteiger partial charge >= 0.3 is 5.97 Å². The SMILES string of the molecule is COc1ccc(CCC(=O)NCCc2cccc(C(=O)O)c2)cc1F. The first-order chi connectivity index (χ1) is 12.0. The van der Waals surface area contributed by atoms with Gasteiger partial charge in [0.2, 0.25) is 5.91 Å². The molecule has 0 aliphatic heterocycles. The number of carboxylic acids is 1. The van der Waals surface area contributed by atoms with Crippen LogP contribution in [0.2, 0.25) is 0 Å². The zero-order chi connectivity index (χ0) is 18.2. The highest BCUT2D eigenvalue weighted by molar-refractivity contribution is 5.87. The van der Waals surface area contributed by atoms with Crippen molar-refractivity contribution in [2.45, 2.75) is 19.3 Å². The van der Waals surface area contributed by atoms with Gasteiger partial charge in [-0.15, -0.1) is 0 Å². The minimum atomic E-state index is -0.974. The Morgan fingerprint density at radius 3 is 2.56 bits per heavy atom. The second kappa shape index (κ2) is 8.82. The van der Waals surface area contributed by atoms with E-state index in [1.54, 1.807) is 18.2 Å². The molecule has 2 rings (SSSR count). The van der Waals surface area contributed by atoms with Gasteiger partial charge in [0, 0.05) is 13.0 Å². The number of hydrogen-bond donors (Lipinski definition) is 2. The van der Waals surface area contributed by atoms with Crippen molar-refractivity contribution in [1.29, 1.82) is 0 Å². The molecule has 0 saturated carbocycles. The number of halogens is 1. The summed E-state index contributed by atoms with van der Waals surface area (Å²) < 4.78 is 18.4. The molecule has 0 aliphatic rings. The van der Waals surface area contributed by atoms with Crippen LogP contribution in [0.5, 0.6) is 5.75 Å². The summed E-state index contributed by atoms with van der Waals surface area (Å²) in [6.07, 6.45) is 1.23. The summed E-state index contributed by atoms with van der Waals surface area (Å²) in [5.41, 5.74) is 1.80. The van der Waals surface area contributed by atoms with E-state index in [1.165, 1.54) is 25.3 Å². The Bertz CT molecular complexity index is 761. The lowest BCUT2D eigenvalue weighted by molar-refractivity contribution is -0.121. The first-order valence-corrected chi connectivity index (χ1v) is 7.91. The van der Waals surface area contributed by atoms with Crippen LogP contribution in [0.4, 0.5) is 4.39 Å². The number of aromatic carboxylic acids is 1. The predicted molar refractivity (Wildman–Crippen MR) is 91.4 cm³/mol. The molecule has 0 fully saturated rings. The summed E-state index contributed by atoms with van der Waals surface area (Å²) in [4.78, 5) is 22.8. The lowest BCUT2D eigenvalue weighted by Gasteiger charge is -2.07. The van der Waals surface area contributed by atoms with Crippen molar-refractivity contribution >= 4 is 11.9 Å². The maximum Gasteiger partial charge on any atom is 0.335 e. The van der Waals surface area contributed by atoms with E-state index in [-0.39, 0.29) is 23.6 Å². The predicted octanol–water partition coefficient (Wildman–Crippen LogP) is 2.82. The van der Waals surface area contributed by atoms with E-state index in [9.17, 15) is 14.0 Å². The molecule has 0 aliphatic carbocycles. The summed E-state index contributed by atoms with van der Waals surface area (Å²) in [5.74, 6) is -1.38. The second-order valence-electron chi connectivity index (χ2n) is 5.57. The molecular weight excluding hydrogens is 325 g/mol. The number of rotatable bonds is 8. The molecule has 0 spiro atoms. The van der Waals surface area contributed by atoms with E-state index in [4.69, 9.17) is 9.84 Å². The smallest absolute Gasteiger partial charge is 0.335 e. The average Bonchev–Trinajstić information content (AvgIpc) is 2.60. The van der Waals surface area contributed by atoms with Gasteiger partial charge in [0.25, 0.3) is 0 Å². The highest BCUT2D eigenvalue weighted by Crippen LogP contribution is 2.18. The van der Waals surface area contributed by atoms with Gasteiger partial charge < -0.3 is 15.2 Å². The molecule has 0 unspecified atom stereocenters. The Labute approximate surface area is 145 Å². The molecule has 0 aromatic heterocycles. The van der Waals surface area contributed by atoms with Crippen molar-refractivity contribution in [2.24, 2.45) is 0 Å². The van der Waals surface area contributed by atoms with E-state index in [0.29, 0.717) is 19.4 Å². The number of amides is 1. The Hall–Kier alpha value is -2.89. The highest BCUT2D eigenvalue weighted by atomic mass is 19.1. The molecule has 132 valence electrons. The third kappa shape index (κ3) is 5.60. The monoisotopic (exact) mass is 345 g/mol. The summed E-state index contributed by atoms with van der Waals surface area (Å²) in [6, 6.07) is 11.2. The largest absolute Gasteiger partial charge is 0.494 e. The lowest BCUT2D eigenvalue weighted by atomic mass is 10.1. The normalized spacial score (nSPS) is 10.3. The van der Waals surface area contributed by atoms with Gasteiger partial charge in [-0.05, 0) is 48.2 Å². The molecule has 0 heterocycles. The molecule has 0 saturated heterocycles. The molecule has 2 N–H and O–H groups in total. The quantitative estimate of drug-likeness (QED) is 0.771. The zero-order valence-electron chi connectivity index (χ0n) is 13.9. The minimum Gasteiger partial charge on any atom is -0.494 e. The van der Waals surface area contributed by atoms with E-state index in [1.807, 2.05) is 6.07 Å². The fourth-order valence-electron chi connectivity index (χ4n) is 2.42. The van der Waals surface area contributed by atoms with Gasteiger partial charge in [0.05, 0.1) is 12.7 Å². The van der Waals surface area contributed by atoms with Crippen molar-refractivity contribution in [1.82, 2.24) is 5.32 Å². The van der Waals surface area contributed by atoms with Gasteiger partial charge in [0.1, 0.15) is 0 Å². The van der Waals surface area contributed by atoms with Crippen molar-refractivity contribution in [3.05, 3.63) is 65.0 Å².